The second kappa shape index (κ2) is 6.73. The van der Waals surface area contributed by atoms with Gasteiger partial charge in [-0.2, -0.15) is 0 Å². The van der Waals surface area contributed by atoms with E-state index in [1.54, 1.807) is 6.07 Å². The number of hydrogen-bond donors (Lipinski definition) is 1. The number of anilines is 1. The molecule has 1 fully saturated rings. The Hall–Kier alpha value is -0.580. The Balaban J connectivity index is 1.80. The number of hydrogen-bond acceptors (Lipinski definition) is 2. The van der Waals surface area contributed by atoms with E-state index in [1.807, 2.05) is 19.1 Å². The van der Waals surface area contributed by atoms with Crippen molar-refractivity contribution >= 4 is 39.1 Å². The van der Waals surface area contributed by atoms with Crippen LogP contribution in [-0.2, 0) is 9.53 Å². The lowest BCUT2D eigenvalue weighted by molar-refractivity contribution is -0.119. The van der Waals surface area contributed by atoms with E-state index in [0.29, 0.717) is 29.2 Å². The average molecular weight is 347 g/mol. The summed E-state index contributed by atoms with van der Waals surface area (Å²) in [6.07, 6.45) is 2.84. The maximum absolute atomic E-state index is 11.9. The van der Waals surface area contributed by atoms with Gasteiger partial charge >= 0.3 is 0 Å². The number of halogens is 2. The largest absolute Gasteiger partial charge is 0.378 e. The summed E-state index contributed by atoms with van der Waals surface area (Å²) in [6.45, 7) is 2.74. The van der Waals surface area contributed by atoms with Crippen molar-refractivity contribution in [3.8, 4) is 0 Å². The van der Waals surface area contributed by atoms with E-state index in [0.717, 1.165) is 23.9 Å². The highest BCUT2D eigenvalue weighted by Crippen LogP contribution is 2.33. The summed E-state index contributed by atoms with van der Waals surface area (Å²) in [4.78, 5) is 11.9. The first-order chi connectivity index (χ1) is 9.08. The van der Waals surface area contributed by atoms with Gasteiger partial charge in [-0.05, 0) is 43.9 Å². The highest BCUT2D eigenvalue weighted by Gasteiger charge is 2.31. The van der Waals surface area contributed by atoms with E-state index >= 15 is 0 Å². The summed E-state index contributed by atoms with van der Waals surface area (Å²) in [5.74, 6) is 0.447. The third-order valence-electron chi connectivity index (χ3n) is 3.27. The first-order valence-corrected chi connectivity index (χ1v) is 7.62. The fourth-order valence-electron chi connectivity index (χ4n) is 2.27. The van der Waals surface area contributed by atoms with E-state index in [4.69, 9.17) is 16.3 Å². The summed E-state index contributed by atoms with van der Waals surface area (Å²) in [6, 6.07) is 5.41. The average Bonchev–Trinajstić information content (AvgIpc) is 2.31. The van der Waals surface area contributed by atoms with Crippen molar-refractivity contribution in [1.29, 1.82) is 0 Å². The summed E-state index contributed by atoms with van der Waals surface area (Å²) in [5.41, 5.74) is 0.654. The van der Waals surface area contributed by atoms with Gasteiger partial charge in [-0.15, -0.1) is 0 Å². The topological polar surface area (TPSA) is 38.3 Å². The van der Waals surface area contributed by atoms with Crippen LogP contribution in [0.25, 0.3) is 0 Å². The van der Waals surface area contributed by atoms with Crippen molar-refractivity contribution in [3.63, 3.8) is 0 Å². The molecule has 0 unspecified atom stereocenters. The van der Waals surface area contributed by atoms with Crippen LogP contribution in [0, 0.1) is 5.92 Å². The van der Waals surface area contributed by atoms with Gasteiger partial charge in [0.2, 0.25) is 5.91 Å². The Kier molecular flexibility index (Phi) is 5.25. The second-order valence-electron chi connectivity index (χ2n) is 4.79. The van der Waals surface area contributed by atoms with E-state index in [-0.39, 0.29) is 5.91 Å². The molecule has 2 rings (SSSR count). The molecule has 1 aliphatic carbocycles. The molecular formula is C14H17BrClNO2. The molecule has 0 aliphatic heterocycles. The van der Waals surface area contributed by atoms with Crippen molar-refractivity contribution < 1.29 is 9.53 Å². The third-order valence-corrected chi connectivity index (χ3v) is 4.09. The molecule has 0 bridgehead atoms. The van der Waals surface area contributed by atoms with Gasteiger partial charge in [0.25, 0.3) is 0 Å². The number of ether oxygens (including phenoxy) is 1. The molecule has 5 heteroatoms. The Bertz CT molecular complexity index is 461. The normalized spacial score (nSPS) is 21.8. The zero-order valence-corrected chi connectivity index (χ0v) is 13.1. The maximum atomic E-state index is 11.9. The second-order valence-corrected chi connectivity index (χ2v) is 6.11. The molecule has 1 saturated carbocycles. The number of benzene rings is 1. The Morgan fingerprint density at radius 2 is 2.26 bits per heavy atom. The molecule has 1 aliphatic rings. The van der Waals surface area contributed by atoms with Crippen LogP contribution in [0.2, 0.25) is 5.02 Å². The molecule has 1 N–H and O–H groups in total. The van der Waals surface area contributed by atoms with Crippen LogP contribution in [-0.4, -0.2) is 18.6 Å². The molecule has 1 aromatic rings. The molecule has 0 spiro atoms. The molecule has 0 aromatic heterocycles. The van der Waals surface area contributed by atoms with Crippen molar-refractivity contribution in [2.45, 2.75) is 32.3 Å². The maximum Gasteiger partial charge on any atom is 0.224 e. The van der Waals surface area contributed by atoms with Crippen molar-refractivity contribution in [2.75, 3.05) is 11.9 Å². The number of nitrogens with one attached hydrogen (secondary N) is 1. The lowest BCUT2D eigenvalue weighted by Crippen LogP contribution is -2.33. The Labute approximate surface area is 126 Å². The van der Waals surface area contributed by atoms with Gasteiger partial charge in [-0.25, -0.2) is 0 Å². The van der Waals surface area contributed by atoms with Gasteiger partial charge in [0.05, 0.1) is 16.8 Å². The monoisotopic (exact) mass is 345 g/mol. The minimum absolute atomic E-state index is 0.0138. The van der Waals surface area contributed by atoms with Gasteiger partial charge in [0, 0.05) is 17.5 Å². The van der Waals surface area contributed by atoms with Crippen LogP contribution in [0.5, 0.6) is 0 Å². The highest BCUT2D eigenvalue weighted by molar-refractivity contribution is 9.10. The van der Waals surface area contributed by atoms with Crippen molar-refractivity contribution in [1.82, 2.24) is 0 Å². The quantitative estimate of drug-likeness (QED) is 0.865. The Morgan fingerprint density at radius 3 is 2.95 bits per heavy atom. The van der Waals surface area contributed by atoms with Crippen LogP contribution in [0.3, 0.4) is 0 Å². The molecule has 19 heavy (non-hydrogen) atoms. The van der Waals surface area contributed by atoms with Crippen LogP contribution < -0.4 is 5.32 Å². The number of amides is 1. The smallest absolute Gasteiger partial charge is 0.224 e. The molecule has 1 aromatic carbocycles. The molecule has 0 radical (unpaired) electrons. The number of carbonyl (C=O) groups is 1. The molecule has 0 saturated heterocycles. The number of carbonyl (C=O) groups excluding carboxylic acids is 1. The SMILES string of the molecule is CCOC1CC(CC(=O)Nc2cc(Br)ccc2Cl)C1. The van der Waals surface area contributed by atoms with Gasteiger partial charge < -0.3 is 10.1 Å². The first-order valence-electron chi connectivity index (χ1n) is 6.45. The molecular weight excluding hydrogens is 330 g/mol. The van der Waals surface area contributed by atoms with Crippen LogP contribution in [0.1, 0.15) is 26.2 Å². The lowest BCUT2D eigenvalue weighted by atomic mass is 9.80. The first kappa shape index (κ1) is 14.8. The fraction of sp³-hybridized carbons (Fsp3) is 0.500. The number of rotatable bonds is 5. The van der Waals surface area contributed by atoms with Gasteiger partial charge in [-0.3, -0.25) is 4.79 Å². The summed E-state index contributed by atoms with van der Waals surface area (Å²) < 4.78 is 6.38. The van der Waals surface area contributed by atoms with Crippen LogP contribution >= 0.6 is 27.5 Å². The molecule has 104 valence electrons. The van der Waals surface area contributed by atoms with Crippen molar-refractivity contribution in [2.24, 2.45) is 5.92 Å². The minimum Gasteiger partial charge on any atom is -0.378 e. The molecule has 1 amide bonds. The minimum atomic E-state index is 0.0138. The van der Waals surface area contributed by atoms with E-state index in [9.17, 15) is 4.79 Å². The van der Waals surface area contributed by atoms with Gasteiger partial charge in [0.1, 0.15) is 0 Å². The highest BCUT2D eigenvalue weighted by atomic mass is 79.9. The van der Waals surface area contributed by atoms with Crippen LogP contribution in [0.4, 0.5) is 5.69 Å². The fourth-order valence-corrected chi connectivity index (χ4v) is 2.80. The standard InChI is InChI=1S/C14H17BrClNO2/c1-2-19-11-5-9(6-11)7-14(18)17-13-8-10(15)3-4-12(13)16/h3-4,8-9,11H,2,5-7H2,1H3,(H,17,18). The Morgan fingerprint density at radius 1 is 1.53 bits per heavy atom. The predicted octanol–water partition coefficient (Wildman–Crippen LogP) is 4.25. The predicted molar refractivity (Wildman–Crippen MR) is 80.5 cm³/mol. The van der Waals surface area contributed by atoms with Crippen LogP contribution in [0.15, 0.2) is 22.7 Å². The van der Waals surface area contributed by atoms with E-state index < -0.39 is 0 Å². The summed E-state index contributed by atoms with van der Waals surface area (Å²) in [5, 5.41) is 3.41. The summed E-state index contributed by atoms with van der Waals surface area (Å²) >= 11 is 9.39. The third kappa shape index (κ3) is 4.20. The molecule has 3 nitrogen and oxygen atoms in total. The zero-order chi connectivity index (χ0) is 13.8. The van der Waals surface area contributed by atoms with Crippen molar-refractivity contribution in [3.05, 3.63) is 27.7 Å². The van der Waals surface area contributed by atoms with Gasteiger partial charge in [0.15, 0.2) is 0 Å². The molecule has 0 atom stereocenters. The lowest BCUT2D eigenvalue weighted by Gasteiger charge is -2.34. The van der Waals surface area contributed by atoms with Gasteiger partial charge in [-0.1, -0.05) is 27.5 Å². The summed E-state index contributed by atoms with van der Waals surface area (Å²) in [7, 11) is 0. The van der Waals surface area contributed by atoms with E-state index in [2.05, 4.69) is 21.2 Å². The molecule has 0 heterocycles. The van der Waals surface area contributed by atoms with E-state index in [1.165, 1.54) is 0 Å². The zero-order valence-electron chi connectivity index (χ0n) is 10.8.